The van der Waals surface area contributed by atoms with Gasteiger partial charge >= 0.3 is 0 Å². The van der Waals surface area contributed by atoms with Crippen LogP contribution in [0.25, 0.3) is 10.8 Å². The van der Waals surface area contributed by atoms with Crippen molar-refractivity contribution in [1.82, 2.24) is 9.97 Å². The molecule has 118 valence electrons. The topological polar surface area (TPSA) is 41.1 Å². The minimum Gasteiger partial charge on any atom is -0.386 e. The molecule has 2 heterocycles. The van der Waals surface area contributed by atoms with Gasteiger partial charge in [0.1, 0.15) is 11.6 Å². The summed E-state index contributed by atoms with van der Waals surface area (Å²) in [5.74, 6) is 0.531. The van der Waals surface area contributed by atoms with Gasteiger partial charge in [-0.1, -0.05) is 0 Å². The van der Waals surface area contributed by atoms with Crippen molar-refractivity contribution in [3.8, 4) is 0 Å². The van der Waals surface area contributed by atoms with Crippen molar-refractivity contribution in [1.29, 1.82) is 0 Å². The molecule has 0 saturated heterocycles. The molecule has 0 fully saturated rings. The Balaban J connectivity index is 1.91. The Labute approximate surface area is 135 Å². The Morgan fingerprint density at radius 2 is 1.91 bits per heavy atom. The van der Waals surface area contributed by atoms with Crippen LogP contribution in [0.2, 0.25) is 0 Å². The first-order chi connectivity index (χ1) is 11.2. The summed E-state index contributed by atoms with van der Waals surface area (Å²) in [6, 6.07) is 8.82. The van der Waals surface area contributed by atoms with E-state index in [0.717, 1.165) is 35.2 Å². The molecule has 3 aromatic rings. The van der Waals surface area contributed by atoms with Gasteiger partial charge in [-0.2, -0.15) is 0 Å². The minimum absolute atomic E-state index is 0.253. The Bertz CT molecular complexity index is 805. The van der Waals surface area contributed by atoms with E-state index in [0.29, 0.717) is 0 Å². The standard InChI is InChI=1S/C18H19FN4/c1-20-17-12-22-18(16-11-14(19)3-4-15(16)17)23(2)10-7-13-5-8-21-9-6-13/h3-6,8-9,11-12,20H,7,10H2,1-2H3. The molecule has 2 aromatic heterocycles. The van der Waals surface area contributed by atoms with Gasteiger partial charge in [-0.05, 0) is 42.3 Å². The summed E-state index contributed by atoms with van der Waals surface area (Å²) < 4.78 is 13.7. The Hall–Kier alpha value is -2.69. The molecule has 1 aromatic carbocycles. The first-order valence-electron chi connectivity index (χ1n) is 7.55. The normalized spacial score (nSPS) is 10.7. The average Bonchev–Trinajstić information content (AvgIpc) is 2.59. The third kappa shape index (κ3) is 3.23. The van der Waals surface area contributed by atoms with Gasteiger partial charge < -0.3 is 10.2 Å². The van der Waals surface area contributed by atoms with E-state index < -0.39 is 0 Å². The second-order valence-corrected chi connectivity index (χ2v) is 5.46. The molecule has 0 amide bonds. The monoisotopic (exact) mass is 310 g/mol. The number of anilines is 2. The van der Waals surface area contributed by atoms with Gasteiger partial charge in [0.25, 0.3) is 0 Å². The van der Waals surface area contributed by atoms with E-state index in [1.165, 1.54) is 11.6 Å². The van der Waals surface area contributed by atoms with Crippen molar-refractivity contribution in [2.24, 2.45) is 0 Å². The molecule has 5 heteroatoms. The molecule has 1 N–H and O–H groups in total. The Kier molecular flexibility index (Phi) is 4.37. The fourth-order valence-electron chi connectivity index (χ4n) is 2.66. The minimum atomic E-state index is -0.253. The highest BCUT2D eigenvalue weighted by Crippen LogP contribution is 2.30. The molecule has 0 spiro atoms. The third-order valence-electron chi connectivity index (χ3n) is 3.94. The molecular formula is C18H19FN4. The van der Waals surface area contributed by atoms with Crippen LogP contribution in [0.3, 0.4) is 0 Å². The van der Waals surface area contributed by atoms with Crippen molar-refractivity contribution >= 4 is 22.3 Å². The third-order valence-corrected chi connectivity index (χ3v) is 3.94. The highest BCUT2D eigenvalue weighted by Gasteiger charge is 2.11. The molecule has 0 bridgehead atoms. The van der Waals surface area contributed by atoms with Gasteiger partial charge in [0.05, 0.1) is 11.9 Å². The van der Waals surface area contributed by atoms with E-state index in [4.69, 9.17) is 0 Å². The van der Waals surface area contributed by atoms with Crippen LogP contribution in [0, 0.1) is 5.82 Å². The summed E-state index contributed by atoms with van der Waals surface area (Å²) in [5, 5.41) is 4.88. The number of hydrogen-bond donors (Lipinski definition) is 1. The highest BCUT2D eigenvalue weighted by atomic mass is 19.1. The summed E-state index contributed by atoms with van der Waals surface area (Å²) in [6.45, 7) is 0.793. The van der Waals surface area contributed by atoms with E-state index in [9.17, 15) is 4.39 Å². The smallest absolute Gasteiger partial charge is 0.136 e. The van der Waals surface area contributed by atoms with Crippen molar-refractivity contribution < 1.29 is 4.39 Å². The Morgan fingerprint density at radius 3 is 2.65 bits per heavy atom. The van der Waals surface area contributed by atoms with Crippen LogP contribution >= 0.6 is 0 Å². The molecule has 0 saturated carbocycles. The van der Waals surface area contributed by atoms with Crippen LogP contribution < -0.4 is 10.2 Å². The molecular weight excluding hydrogens is 291 g/mol. The fourth-order valence-corrected chi connectivity index (χ4v) is 2.66. The molecule has 0 atom stereocenters. The molecule has 0 aliphatic carbocycles. The van der Waals surface area contributed by atoms with E-state index in [-0.39, 0.29) is 5.82 Å². The number of likely N-dealkylation sites (N-methyl/N-ethyl adjacent to an activating group) is 1. The van der Waals surface area contributed by atoms with Crippen LogP contribution in [0.5, 0.6) is 0 Å². The highest BCUT2D eigenvalue weighted by molar-refractivity contribution is 6.00. The van der Waals surface area contributed by atoms with Crippen LogP contribution in [0.15, 0.2) is 48.9 Å². The SMILES string of the molecule is CNc1cnc(N(C)CCc2ccncc2)c2cc(F)ccc12. The molecule has 23 heavy (non-hydrogen) atoms. The second-order valence-electron chi connectivity index (χ2n) is 5.46. The predicted molar refractivity (Wildman–Crippen MR) is 92.5 cm³/mol. The van der Waals surface area contributed by atoms with Crippen LogP contribution in [-0.4, -0.2) is 30.6 Å². The summed E-state index contributed by atoms with van der Waals surface area (Å²) in [7, 11) is 3.82. The lowest BCUT2D eigenvalue weighted by Gasteiger charge is -2.21. The summed E-state index contributed by atoms with van der Waals surface area (Å²) in [4.78, 5) is 10.6. The van der Waals surface area contributed by atoms with Crippen molar-refractivity contribution in [2.45, 2.75) is 6.42 Å². The van der Waals surface area contributed by atoms with Gasteiger partial charge in [-0.15, -0.1) is 0 Å². The maximum absolute atomic E-state index is 13.7. The maximum atomic E-state index is 13.7. The molecule has 0 unspecified atom stereocenters. The molecule has 3 rings (SSSR count). The number of pyridine rings is 2. The fraction of sp³-hybridized carbons (Fsp3) is 0.222. The molecule has 4 nitrogen and oxygen atoms in total. The molecule has 0 aliphatic heterocycles. The van der Waals surface area contributed by atoms with Gasteiger partial charge in [-0.25, -0.2) is 9.37 Å². The lowest BCUT2D eigenvalue weighted by atomic mass is 10.1. The van der Waals surface area contributed by atoms with E-state index in [1.54, 1.807) is 30.7 Å². The van der Waals surface area contributed by atoms with Gasteiger partial charge in [0.2, 0.25) is 0 Å². The van der Waals surface area contributed by atoms with Crippen molar-refractivity contribution in [2.75, 3.05) is 30.9 Å². The number of fused-ring (bicyclic) bond motifs is 1. The second kappa shape index (κ2) is 6.60. The van der Waals surface area contributed by atoms with Crippen LogP contribution in [0.1, 0.15) is 5.56 Å². The van der Waals surface area contributed by atoms with Gasteiger partial charge in [-0.3, -0.25) is 4.98 Å². The molecule has 0 radical (unpaired) electrons. The van der Waals surface area contributed by atoms with E-state index >= 15 is 0 Å². The van der Waals surface area contributed by atoms with Gasteiger partial charge in [0, 0.05) is 43.8 Å². The summed E-state index contributed by atoms with van der Waals surface area (Å²) in [6.07, 6.45) is 6.25. The largest absolute Gasteiger partial charge is 0.386 e. The Morgan fingerprint density at radius 1 is 1.13 bits per heavy atom. The number of halogens is 1. The zero-order valence-corrected chi connectivity index (χ0v) is 13.3. The van der Waals surface area contributed by atoms with Crippen molar-refractivity contribution in [3.05, 3.63) is 60.3 Å². The first-order valence-corrected chi connectivity index (χ1v) is 7.55. The lowest BCUT2D eigenvalue weighted by Crippen LogP contribution is -2.21. The van der Waals surface area contributed by atoms with E-state index in [1.807, 2.05) is 26.2 Å². The zero-order valence-electron chi connectivity index (χ0n) is 13.3. The van der Waals surface area contributed by atoms with Gasteiger partial charge in [0.15, 0.2) is 0 Å². The number of rotatable bonds is 5. The van der Waals surface area contributed by atoms with Crippen LogP contribution in [-0.2, 0) is 6.42 Å². The number of hydrogen-bond acceptors (Lipinski definition) is 4. The lowest BCUT2D eigenvalue weighted by molar-refractivity contribution is 0.629. The number of benzene rings is 1. The van der Waals surface area contributed by atoms with Crippen molar-refractivity contribution in [3.63, 3.8) is 0 Å². The maximum Gasteiger partial charge on any atom is 0.136 e. The average molecular weight is 310 g/mol. The quantitative estimate of drug-likeness (QED) is 0.783. The van der Waals surface area contributed by atoms with E-state index in [2.05, 4.69) is 20.2 Å². The summed E-state index contributed by atoms with van der Waals surface area (Å²) in [5.41, 5.74) is 2.11. The summed E-state index contributed by atoms with van der Waals surface area (Å²) >= 11 is 0. The molecule has 0 aliphatic rings. The predicted octanol–water partition coefficient (Wildman–Crippen LogP) is 3.49. The zero-order chi connectivity index (χ0) is 16.2. The number of aromatic nitrogens is 2. The number of nitrogens with one attached hydrogen (secondary N) is 1. The first kappa shape index (κ1) is 15.2. The number of nitrogens with zero attached hydrogens (tertiary/aromatic N) is 3. The van der Waals surface area contributed by atoms with Crippen LogP contribution in [0.4, 0.5) is 15.9 Å².